The fourth-order valence-corrected chi connectivity index (χ4v) is 4.07. The van der Waals surface area contributed by atoms with Gasteiger partial charge < -0.3 is 13.7 Å². The Hall–Kier alpha value is -2.85. The van der Waals surface area contributed by atoms with Crippen molar-refractivity contribution in [1.82, 2.24) is 19.8 Å². The SMILES string of the molecule is O=C(c1cn[nH]c1-c1ccc(S(=O)(=O)NCc2ccco2)o1)N1CCCCC1. The average molecular weight is 404 g/mol. The number of carbonyl (C=O) groups is 1. The van der Waals surface area contributed by atoms with Gasteiger partial charge in [-0.3, -0.25) is 9.89 Å². The number of rotatable bonds is 6. The Morgan fingerprint density at radius 1 is 1.21 bits per heavy atom. The number of hydrogen-bond acceptors (Lipinski definition) is 6. The molecule has 4 rings (SSSR count). The van der Waals surface area contributed by atoms with Crippen LogP contribution in [0.5, 0.6) is 0 Å². The summed E-state index contributed by atoms with van der Waals surface area (Å²) in [5.41, 5.74) is 0.729. The monoisotopic (exact) mass is 404 g/mol. The molecule has 1 aliphatic rings. The van der Waals surface area contributed by atoms with E-state index in [1.807, 2.05) is 0 Å². The van der Waals surface area contributed by atoms with Crippen LogP contribution >= 0.6 is 0 Å². The Labute approximate surface area is 161 Å². The molecule has 1 aliphatic heterocycles. The Kier molecular flexibility index (Phi) is 5.05. The maximum atomic E-state index is 12.8. The molecule has 1 fully saturated rings. The van der Waals surface area contributed by atoms with Gasteiger partial charge in [-0.05, 0) is 43.5 Å². The summed E-state index contributed by atoms with van der Waals surface area (Å²) in [5, 5.41) is 6.44. The molecule has 3 aromatic rings. The second-order valence-electron chi connectivity index (χ2n) is 6.53. The number of piperidine rings is 1. The van der Waals surface area contributed by atoms with Gasteiger partial charge in [0.2, 0.25) is 5.09 Å². The number of nitrogens with one attached hydrogen (secondary N) is 2. The molecule has 1 amide bonds. The molecule has 0 aliphatic carbocycles. The van der Waals surface area contributed by atoms with E-state index >= 15 is 0 Å². The third-order valence-corrected chi connectivity index (χ3v) is 5.90. The van der Waals surface area contributed by atoms with Crippen molar-refractivity contribution in [3.05, 3.63) is 48.0 Å². The van der Waals surface area contributed by atoms with Gasteiger partial charge in [0.25, 0.3) is 15.9 Å². The topological polar surface area (TPSA) is 121 Å². The minimum absolute atomic E-state index is 0.00806. The van der Waals surface area contributed by atoms with Crippen LogP contribution in [0.1, 0.15) is 35.4 Å². The molecule has 28 heavy (non-hydrogen) atoms. The zero-order valence-electron chi connectivity index (χ0n) is 15.1. The number of aromatic amines is 1. The molecule has 1 saturated heterocycles. The first-order valence-electron chi connectivity index (χ1n) is 8.99. The second kappa shape index (κ2) is 7.64. The van der Waals surface area contributed by atoms with Gasteiger partial charge in [0.1, 0.15) is 11.5 Å². The first-order chi connectivity index (χ1) is 13.5. The lowest BCUT2D eigenvalue weighted by Gasteiger charge is -2.26. The Morgan fingerprint density at radius 3 is 2.79 bits per heavy atom. The highest BCUT2D eigenvalue weighted by Crippen LogP contribution is 2.27. The normalized spacial score (nSPS) is 15.1. The summed E-state index contributed by atoms with van der Waals surface area (Å²) in [4.78, 5) is 14.6. The maximum absolute atomic E-state index is 12.8. The third kappa shape index (κ3) is 3.73. The lowest BCUT2D eigenvalue weighted by molar-refractivity contribution is 0.0725. The highest BCUT2D eigenvalue weighted by atomic mass is 32.2. The zero-order valence-corrected chi connectivity index (χ0v) is 15.9. The minimum Gasteiger partial charge on any atom is -0.468 e. The minimum atomic E-state index is -3.87. The van der Waals surface area contributed by atoms with Crippen LogP contribution in [0.15, 0.2) is 50.7 Å². The molecule has 0 radical (unpaired) electrons. The standard InChI is InChI=1S/C18H20N4O5S/c23-18(22-8-2-1-3-9-22)14-12-19-21-17(14)15-6-7-16(27-15)28(24,25)20-11-13-5-4-10-26-13/h4-7,10,12,20H,1-3,8-9,11H2,(H,19,21). The zero-order chi connectivity index (χ0) is 19.6. The van der Waals surface area contributed by atoms with Crippen molar-refractivity contribution in [3.63, 3.8) is 0 Å². The van der Waals surface area contributed by atoms with Gasteiger partial charge in [0.05, 0.1) is 24.6 Å². The van der Waals surface area contributed by atoms with Gasteiger partial charge in [-0.2, -0.15) is 5.10 Å². The largest absolute Gasteiger partial charge is 0.468 e. The predicted molar refractivity (Wildman–Crippen MR) is 98.8 cm³/mol. The number of amides is 1. The van der Waals surface area contributed by atoms with Crippen LogP contribution in [0, 0.1) is 0 Å². The highest BCUT2D eigenvalue weighted by Gasteiger charge is 2.26. The molecule has 148 valence electrons. The molecule has 0 unspecified atom stereocenters. The molecular weight excluding hydrogens is 384 g/mol. The summed E-state index contributed by atoms with van der Waals surface area (Å²) in [6, 6.07) is 6.19. The van der Waals surface area contributed by atoms with Crippen LogP contribution in [0.25, 0.3) is 11.5 Å². The number of carbonyl (C=O) groups excluding carboxylic acids is 1. The summed E-state index contributed by atoms with van der Waals surface area (Å²) in [6.45, 7) is 1.42. The van der Waals surface area contributed by atoms with E-state index < -0.39 is 10.0 Å². The molecule has 0 saturated carbocycles. The number of furan rings is 2. The predicted octanol–water partition coefficient (Wildman–Crippen LogP) is 2.37. The number of aromatic nitrogens is 2. The quantitative estimate of drug-likeness (QED) is 0.650. The van der Waals surface area contributed by atoms with E-state index in [4.69, 9.17) is 8.83 Å². The Balaban J connectivity index is 1.53. The molecule has 3 aromatic heterocycles. The molecule has 0 atom stereocenters. The van der Waals surface area contributed by atoms with Gasteiger partial charge in [-0.25, -0.2) is 13.1 Å². The van der Waals surface area contributed by atoms with Crippen molar-refractivity contribution in [2.24, 2.45) is 0 Å². The molecule has 0 spiro atoms. The molecule has 2 N–H and O–H groups in total. The van der Waals surface area contributed by atoms with Crippen LogP contribution in [0.2, 0.25) is 0 Å². The summed E-state index contributed by atoms with van der Waals surface area (Å²) in [6.07, 6.45) is 5.98. The van der Waals surface area contributed by atoms with E-state index in [2.05, 4.69) is 14.9 Å². The van der Waals surface area contributed by atoms with Crippen LogP contribution in [0.4, 0.5) is 0 Å². The fourth-order valence-electron chi connectivity index (χ4n) is 3.15. The van der Waals surface area contributed by atoms with Crippen molar-refractivity contribution in [2.75, 3.05) is 13.1 Å². The lowest BCUT2D eigenvalue weighted by Crippen LogP contribution is -2.35. The van der Waals surface area contributed by atoms with Gasteiger partial charge in [-0.15, -0.1) is 0 Å². The second-order valence-corrected chi connectivity index (χ2v) is 8.23. The van der Waals surface area contributed by atoms with E-state index in [9.17, 15) is 13.2 Å². The molecular formula is C18H20N4O5S. The van der Waals surface area contributed by atoms with Crippen LogP contribution in [0.3, 0.4) is 0 Å². The van der Waals surface area contributed by atoms with Crippen molar-refractivity contribution in [3.8, 4) is 11.5 Å². The molecule has 4 heterocycles. The number of nitrogens with zero attached hydrogens (tertiary/aromatic N) is 2. The van der Waals surface area contributed by atoms with Gasteiger partial charge in [-0.1, -0.05) is 0 Å². The van der Waals surface area contributed by atoms with Crippen molar-refractivity contribution in [1.29, 1.82) is 0 Å². The van der Waals surface area contributed by atoms with Gasteiger partial charge in [0, 0.05) is 13.1 Å². The summed E-state index contributed by atoms with van der Waals surface area (Å²) < 4.78 is 37.9. The van der Waals surface area contributed by atoms with E-state index in [1.54, 1.807) is 17.0 Å². The van der Waals surface area contributed by atoms with Crippen LogP contribution in [-0.4, -0.2) is 42.5 Å². The van der Waals surface area contributed by atoms with Crippen molar-refractivity contribution >= 4 is 15.9 Å². The maximum Gasteiger partial charge on any atom is 0.274 e. The first kappa shape index (κ1) is 18.5. The van der Waals surface area contributed by atoms with E-state index in [0.717, 1.165) is 19.3 Å². The molecule has 9 nitrogen and oxygen atoms in total. The van der Waals surface area contributed by atoms with Crippen LogP contribution < -0.4 is 4.72 Å². The number of likely N-dealkylation sites (tertiary alicyclic amines) is 1. The molecule has 0 aromatic carbocycles. The lowest BCUT2D eigenvalue weighted by atomic mass is 10.1. The van der Waals surface area contributed by atoms with E-state index in [1.165, 1.54) is 24.6 Å². The molecule has 10 heteroatoms. The summed E-state index contributed by atoms with van der Waals surface area (Å²) in [7, 11) is -3.87. The number of H-pyrrole nitrogens is 1. The Bertz CT molecular complexity index is 1050. The number of hydrogen-bond donors (Lipinski definition) is 2. The van der Waals surface area contributed by atoms with Gasteiger partial charge in [0.15, 0.2) is 5.76 Å². The van der Waals surface area contributed by atoms with Crippen molar-refractivity contribution in [2.45, 2.75) is 30.9 Å². The van der Waals surface area contributed by atoms with Crippen molar-refractivity contribution < 1.29 is 22.0 Å². The third-order valence-electron chi connectivity index (χ3n) is 4.62. The average Bonchev–Trinajstić information content (AvgIpc) is 3.47. The van der Waals surface area contributed by atoms with E-state index in [0.29, 0.717) is 30.1 Å². The summed E-state index contributed by atoms with van der Waals surface area (Å²) in [5.74, 6) is 0.578. The smallest absolute Gasteiger partial charge is 0.274 e. The Morgan fingerprint density at radius 2 is 2.04 bits per heavy atom. The number of sulfonamides is 1. The fraction of sp³-hybridized carbons (Fsp3) is 0.333. The van der Waals surface area contributed by atoms with Crippen LogP contribution in [-0.2, 0) is 16.6 Å². The van der Waals surface area contributed by atoms with Gasteiger partial charge >= 0.3 is 0 Å². The highest BCUT2D eigenvalue weighted by molar-refractivity contribution is 7.89. The first-order valence-corrected chi connectivity index (χ1v) is 10.5. The summed E-state index contributed by atoms with van der Waals surface area (Å²) >= 11 is 0. The molecule has 0 bridgehead atoms. The van der Waals surface area contributed by atoms with E-state index in [-0.39, 0.29) is 23.3 Å².